The van der Waals surface area contributed by atoms with Gasteiger partial charge < -0.3 is 15.0 Å². The fraction of sp³-hybridized carbons (Fsp3) is 0.364. The van der Waals surface area contributed by atoms with Crippen LogP contribution in [0.15, 0.2) is 12.1 Å². The number of phenolic OH excluding ortho intramolecular Hbond substituents is 1. The van der Waals surface area contributed by atoms with E-state index in [4.69, 9.17) is 5.11 Å². The van der Waals surface area contributed by atoms with Crippen LogP contribution in [-0.2, 0) is 4.79 Å². The Hall–Kier alpha value is -1.65. The fourth-order valence-electron chi connectivity index (χ4n) is 1.91. The van der Waals surface area contributed by atoms with Crippen LogP contribution in [-0.4, -0.2) is 11.1 Å². The van der Waals surface area contributed by atoms with Crippen LogP contribution in [0.2, 0.25) is 0 Å². The number of carbonyl (C=O) groups excluding carboxylic acids is 1. The predicted molar refractivity (Wildman–Crippen MR) is 48.5 cm³/mol. The summed E-state index contributed by atoms with van der Waals surface area (Å²) in [7, 11) is 0. The van der Waals surface area contributed by atoms with Gasteiger partial charge in [0.25, 0.3) is 0 Å². The number of carboxylic acid groups (broad SMARTS) is 1. The van der Waals surface area contributed by atoms with Crippen molar-refractivity contribution in [1.82, 2.24) is 0 Å². The molecule has 0 heterocycles. The van der Waals surface area contributed by atoms with Gasteiger partial charge in [0.1, 0.15) is 0 Å². The third kappa shape index (κ3) is 1.85. The van der Waals surface area contributed by atoms with Gasteiger partial charge in [-0.15, -0.1) is 0 Å². The van der Waals surface area contributed by atoms with E-state index in [2.05, 4.69) is 0 Å². The summed E-state index contributed by atoms with van der Waals surface area (Å²) in [6.07, 6.45) is 0.363. The largest absolute Gasteiger partial charge is 0.550 e. The second-order valence-corrected chi connectivity index (χ2v) is 3.98. The zero-order valence-corrected chi connectivity index (χ0v) is 8.24. The average Bonchev–Trinajstić information content (AvgIpc) is 2.93. The fourth-order valence-corrected chi connectivity index (χ4v) is 1.91. The van der Waals surface area contributed by atoms with Crippen LogP contribution in [0, 0.1) is 17.6 Å². The Morgan fingerprint density at radius 3 is 2.75 bits per heavy atom. The monoisotopic (exact) mass is 227 g/mol. The van der Waals surface area contributed by atoms with Gasteiger partial charge in [-0.25, -0.2) is 4.39 Å². The normalized spacial score (nSPS) is 23.1. The molecule has 2 unspecified atom stereocenters. The predicted octanol–water partition coefficient (Wildman–Crippen LogP) is 0.914. The van der Waals surface area contributed by atoms with Crippen LogP contribution in [0.25, 0.3) is 0 Å². The van der Waals surface area contributed by atoms with Gasteiger partial charge in [-0.2, -0.15) is 4.39 Å². The molecule has 1 aliphatic rings. The van der Waals surface area contributed by atoms with Crippen molar-refractivity contribution in [3.8, 4) is 5.75 Å². The highest BCUT2D eigenvalue weighted by atomic mass is 19.2. The summed E-state index contributed by atoms with van der Waals surface area (Å²) < 4.78 is 26.4. The summed E-state index contributed by atoms with van der Waals surface area (Å²) >= 11 is 0. The Morgan fingerprint density at radius 2 is 2.12 bits per heavy atom. The quantitative estimate of drug-likeness (QED) is 0.835. The van der Waals surface area contributed by atoms with Gasteiger partial charge in [0.05, 0.1) is 0 Å². The van der Waals surface area contributed by atoms with E-state index in [1.165, 1.54) is 6.07 Å². The third-order valence-corrected chi connectivity index (χ3v) is 2.84. The average molecular weight is 227 g/mol. The van der Waals surface area contributed by atoms with Gasteiger partial charge in [-0.3, -0.25) is 0 Å². The van der Waals surface area contributed by atoms with Gasteiger partial charge in [-0.05, 0) is 36.3 Å². The van der Waals surface area contributed by atoms with Crippen molar-refractivity contribution >= 4 is 5.97 Å². The number of carboxylic acids is 1. The molecule has 2 rings (SSSR count). The topological polar surface area (TPSA) is 60.4 Å². The van der Waals surface area contributed by atoms with Crippen LogP contribution in [0.1, 0.15) is 24.3 Å². The van der Waals surface area contributed by atoms with Gasteiger partial charge in [0.15, 0.2) is 11.6 Å². The molecule has 0 saturated heterocycles. The van der Waals surface area contributed by atoms with Crippen LogP contribution in [0.5, 0.6) is 5.75 Å². The summed E-state index contributed by atoms with van der Waals surface area (Å²) in [5, 5.41) is 19.2. The van der Waals surface area contributed by atoms with E-state index < -0.39 is 23.4 Å². The number of carbonyl (C=O) groups is 1. The lowest BCUT2D eigenvalue weighted by Crippen LogP contribution is -2.22. The van der Waals surface area contributed by atoms with Crippen molar-refractivity contribution in [2.45, 2.75) is 18.8 Å². The van der Waals surface area contributed by atoms with Crippen molar-refractivity contribution in [2.75, 3.05) is 0 Å². The van der Waals surface area contributed by atoms with E-state index in [1.54, 1.807) is 0 Å². The molecule has 1 aromatic rings. The van der Waals surface area contributed by atoms with Crippen LogP contribution < -0.4 is 5.11 Å². The molecule has 86 valence electrons. The Bertz CT molecular complexity index is 445. The summed E-state index contributed by atoms with van der Waals surface area (Å²) in [5.41, 5.74) is 0.126. The maximum atomic E-state index is 13.4. The van der Waals surface area contributed by atoms with Crippen LogP contribution >= 0.6 is 0 Å². The first-order valence-electron chi connectivity index (χ1n) is 4.87. The number of hydrogen-bond acceptors (Lipinski definition) is 3. The smallest absolute Gasteiger partial charge is 0.200 e. The highest BCUT2D eigenvalue weighted by Crippen LogP contribution is 2.50. The minimum Gasteiger partial charge on any atom is -0.550 e. The standard InChI is InChI=1S/C11H10F2O3/c12-10-6(1-2-8(14)11(10)13)7-3-5(7)4-9(15)16/h1-2,5,7,14H,3-4H2,(H,15,16)/p-1. The number of aromatic hydroxyl groups is 1. The molecule has 1 aliphatic carbocycles. The van der Waals surface area contributed by atoms with E-state index >= 15 is 0 Å². The van der Waals surface area contributed by atoms with Crippen LogP contribution in [0.4, 0.5) is 8.78 Å². The number of aliphatic carboxylic acids is 1. The van der Waals surface area contributed by atoms with E-state index in [-0.39, 0.29) is 23.8 Å². The number of rotatable bonds is 3. The molecule has 0 amide bonds. The zero-order chi connectivity index (χ0) is 11.9. The first-order valence-corrected chi connectivity index (χ1v) is 4.87. The van der Waals surface area contributed by atoms with Gasteiger partial charge in [0.2, 0.25) is 5.82 Å². The maximum absolute atomic E-state index is 13.4. The number of benzene rings is 1. The molecule has 1 fully saturated rings. The Morgan fingerprint density at radius 1 is 1.44 bits per heavy atom. The Balaban J connectivity index is 2.18. The minimum atomic E-state index is -1.28. The molecule has 0 spiro atoms. The van der Waals surface area contributed by atoms with E-state index in [0.717, 1.165) is 6.07 Å². The summed E-state index contributed by atoms with van der Waals surface area (Å²) in [6.45, 7) is 0. The SMILES string of the molecule is O=C([O-])CC1CC1c1ccc(O)c(F)c1F. The number of halogens is 2. The third-order valence-electron chi connectivity index (χ3n) is 2.84. The van der Waals surface area contributed by atoms with Gasteiger partial charge >= 0.3 is 0 Å². The minimum absolute atomic E-state index is 0.126. The van der Waals surface area contributed by atoms with Crippen LogP contribution in [0.3, 0.4) is 0 Å². The Kier molecular flexibility index (Phi) is 2.53. The van der Waals surface area contributed by atoms with E-state index in [1.807, 2.05) is 0 Å². The molecule has 0 radical (unpaired) electrons. The van der Waals surface area contributed by atoms with Crippen molar-refractivity contribution < 1.29 is 23.8 Å². The lowest BCUT2D eigenvalue weighted by Gasteiger charge is -2.05. The Labute approximate surface area is 90.3 Å². The first kappa shape index (κ1) is 10.9. The molecule has 2 atom stereocenters. The van der Waals surface area contributed by atoms with Gasteiger partial charge in [0, 0.05) is 5.97 Å². The highest BCUT2D eigenvalue weighted by molar-refractivity contribution is 5.65. The van der Waals surface area contributed by atoms with Crippen molar-refractivity contribution in [2.24, 2.45) is 5.92 Å². The molecule has 1 saturated carbocycles. The molecule has 0 bridgehead atoms. The van der Waals surface area contributed by atoms with E-state index in [0.29, 0.717) is 6.42 Å². The molecule has 1 N–H and O–H groups in total. The summed E-state index contributed by atoms with van der Waals surface area (Å²) in [5.74, 6) is -4.77. The summed E-state index contributed by atoms with van der Waals surface area (Å²) in [4.78, 5) is 10.3. The summed E-state index contributed by atoms with van der Waals surface area (Å²) in [6, 6.07) is 2.36. The molecule has 1 aromatic carbocycles. The highest BCUT2D eigenvalue weighted by Gasteiger charge is 2.40. The first-order chi connectivity index (χ1) is 7.50. The molecule has 5 heteroatoms. The van der Waals surface area contributed by atoms with Gasteiger partial charge in [-0.1, -0.05) is 6.07 Å². The second kappa shape index (κ2) is 3.73. The second-order valence-electron chi connectivity index (χ2n) is 3.98. The van der Waals surface area contributed by atoms with Crippen molar-refractivity contribution in [3.63, 3.8) is 0 Å². The number of phenols is 1. The molecule has 0 aromatic heterocycles. The zero-order valence-electron chi connectivity index (χ0n) is 8.24. The van der Waals surface area contributed by atoms with Crippen molar-refractivity contribution in [3.05, 3.63) is 29.3 Å². The van der Waals surface area contributed by atoms with E-state index in [9.17, 15) is 18.7 Å². The molecule has 0 aliphatic heterocycles. The maximum Gasteiger partial charge on any atom is 0.200 e. The lowest BCUT2D eigenvalue weighted by atomic mass is 10.1. The van der Waals surface area contributed by atoms with Crippen molar-refractivity contribution in [1.29, 1.82) is 0 Å². The lowest BCUT2D eigenvalue weighted by molar-refractivity contribution is -0.306. The molecule has 3 nitrogen and oxygen atoms in total. The molecular weight excluding hydrogens is 218 g/mol. The molecular formula is C11H9F2O3-. The number of hydrogen-bond donors (Lipinski definition) is 1. The molecule has 16 heavy (non-hydrogen) atoms.